The van der Waals surface area contributed by atoms with E-state index in [1.165, 1.54) is 4.31 Å². The molecule has 1 fully saturated rings. The molecule has 8 heteroatoms. The molecule has 1 N–H and O–H groups in total. The molecule has 0 saturated carbocycles. The second-order valence-electron chi connectivity index (χ2n) is 6.75. The van der Waals surface area contributed by atoms with Crippen LogP contribution >= 0.6 is 0 Å². The summed E-state index contributed by atoms with van der Waals surface area (Å²) >= 11 is 0. The average molecular weight is 360 g/mol. The van der Waals surface area contributed by atoms with Crippen molar-refractivity contribution in [2.24, 2.45) is 0 Å². The minimum absolute atomic E-state index is 0.0434. The lowest BCUT2D eigenvalue weighted by Crippen LogP contribution is -2.48. The molecule has 0 bridgehead atoms. The van der Waals surface area contributed by atoms with E-state index < -0.39 is 21.7 Å². The third-order valence-corrected chi connectivity index (χ3v) is 5.40. The molecule has 1 amide bonds. The number of rotatable bonds is 7. The number of ether oxygens (including phenoxy) is 2. The van der Waals surface area contributed by atoms with Crippen LogP contribution in [0, 0.1) is 12.3 Å². The third-order valence-electron chi connectivity index (χ3n) is 3.44. The topological polar surface area (TPSA) is 84.9 Å². The van der Waals surface area contributed by atoms with Gasteiger partial charge in [-0.2, -0.15) is 0 Å². The molecular weight excluding hydrogens is 332 g/mol. The second kappa shape index (κ2) is 9.25. The number of piperidine rings is 1. The van der Waals surface area contributed by atoms with E-state index in [2.05, 4.69) is 11.2 Å². The number of terminal acetylenes is 1. The Bertz CT molecular complexity index is 540. The molecule has 0 spiro atoms. The van der Waals surface area contributed by atoms with Crippen LogP contribution in [0.25, 0.3) is 0 Å². The van der Waals surface area contributed by atoms with E-state index >= 15 is 0 Å². The highest BCUT2D eigenvalue weighted by Crippen LogP contribution is 2.16. The number of amides is 1. The van der Waals surface area contributed by atoms with Gasteiger partial charge in [0.2, 0.25) is 10.0 Å². The summed E-state index contributed by atoms with van der Waals surface area (Å²) in [7, 11) is -3.29. The van der Waals surface area contributed by atoms with Crippen molar-refractivity contribution in [3.8, 4) is 12.3 Å². The summed E-state index contributed by atoms with van der Waals surface area (Å²) in [6, 6.07) is -0.0646. The second-order valence-corrected chi connectivity index (χ2v) is 8.83. The molecule has 1 aliphatic rings. The molecule has 1 saturated heterocycles. The van der Waals surface area contributed by atoms with Gasteiger partial charge in [0, 0.05) is 25.7 Å². The number of nitrogens with one attached hydrogen (secondary N) is 1. The molecule has 0 aliphatic carbocycles. The minimum Gasteiger partial charge on any atom is -0.444 e. The van der Waals surface area contributed by atoms with Gasteiger partial charge in [0.05, 0.1) is 5.75 Å². The van der Waals surface area contributed by atoms with Crippen LogP contribution in [0.15, 0.2) is 0 Å². The van der Waals surface area contributed by atoms with E-state index in [1.807, 2.05) is 0 Å². The fourth-order valence-corrected chi connectivity index (χ4v) is 3.86. The number of hydrogen-bond acceptors (Lipinski definition) is 5. The monoisotopic (exact) mass is 360 g/mol. The molecule has 0 atom stereocenters. The van der Waals surface area contributed by atoms with Crippen LogP contribution in [0.5, 0.6) is 0 Å². The Labute approximate surface area is 145 Å². The molecule has 0 aromatic carbocycles. The first-order valence-electron chi connectivity index (χ1n) is 8.12. The van der Waals surface area contributed by atoms with Crippen LogP contribution in [0.4, 0.5) is 4.79 Å². The summed E-state index contributed by atoms with van der Waals surface area (Å²) in [5, 5.41) is 2.79. The number of carbonyl (C=O) groups excluding carboxylic acids is 1. The number of carbonyl (C=O) groups is 1. The first-order valence-corrected chi connectivity index (χ1v) is 9.73. The smallest absolute Gasteiger partial charge is 0.407 e. The normalized spacial score (nSPS) is 17.2. The van der Waals surface area contributed by atoms with Gasteiger partial charge in [0.15, 0.2) is 0 Å². The maximum atomic E-state index is 12.3. The van der Waals surface area contributed by atoms with Crippen molar-refractivity contribution in [3.05, 3.63) is 0 Å². The zero-order chi connectivity index (χ0) is 18.2. The van der Waals surface area contributed by atoms with E-state index in [0.29, 0.717) is 39.0 Å². The highest BCUT2D eigenvalue weighted by Gasteiger charge is 2.29. The molecule has 0 radical (unpaired) electrons. The van der Waals surface area contributed by atoms with Gasteiger partial charge in [0.25, 0.3) is 0 Å². The van der Waals surface area contributed by atoms with E-state index in [1.54, 1.807) is 20.8 Å². The lowest BCUT2D eigenvalue weighted by Gasteiger charge is -2.32. The van der Waals surface area contributed by atoms with E-state index in [-0.39, 0.29) is 18.4 Å². The highest BCUT2D eigenvalue weighted by atomic mass is 32.2. The first kappa shape index (κ1) is 20.7. The molecule has 0 aromatic rings. The van der Waals surface area contributed by atoms with Crippen LogP contribution in [0.3, 0.4) is 0 Å². The Morgan fingerprint density at radius 3 is 2.50 bits per heavy atom. The number of sulfonamides is 1. The SMILES string of the molecule is C#CCOCCCS(=O)(=O)N1CCC(NC(=O)OC(C)(C)C)CC1. The molecule has 1 heterocycles. The zero-order valence-corrected chi connectivity index (χ0v) is 15.5. The van der Waals surface area contributed by atoms with Crippen molar-refractivity contribution in [1.29, 1.82) is 0 Å². The lowest BCUT2D eigenvalue weighted by atomic mass is 10.1. The molecule has 24 heavy (non-hydrogen) atoms. The third kappa shape index (κ3) is 7.99. The predicted molar refractivity (Wildman–Crippen MR) is 92.0 cm³/mol. The number of hydrogen-bond donors (Lipinski definition) is 1. The van der Waals surface area contributed by atoms with Gasteiger partial charge in [0.1, 0.15) is 12.2 Å². The standard InChI is InChI=1S/C16H28N2O5S/c1-5-11-22-12-6-13-24(20,21)18-9-7-14(8-10-18)17-15(19)23-16(2,3)4/h1,14H,6-13H2,2-4H3,(H,17,19). The van der Waals surface area contributed by atoms with Crippen molar-refractivity contribution in [1.82, 2.24) is 9.62 Å². The van der Waals surface area contributed by atoms with Gasteiger partial charge in [-0.1, -0.05) is 5.92 Å². The van der Waals surface area contributed by atoms with Crippen LogP contribution in [0.2, 0.25) is 0 Å². The Kier molecular flexibility index (Phi) is 8.00. The summed E-state index contributed by atoms with van der Waals surface area (Å²) in [6.07, 6.45) is 6.16. The maximum absolute atomic E-state index is 12.3. The molecule has 1 aliphatic heterocycles. The van der Waals surface area contributed by atoms with Crippen molar-refractivity contribution >= 4 is 16.1 Å². The van der Waals surface area contributed by atoms with Crippen molar-refractivity contribution < 1.29 is 22.7 Å². The summed E-state index contributed by atoms with van der Waals surface area (Å²) < 4.78 is 36.3. The summed E-state index contributed by atoms with van der Waals surface area (Å²) in [6.45, 7) is 6.73. The minimum atomic E-state index is -3.29. The van der Waals surface area contributed by atoms with Gasteiger partial charge in [-0.3, -0.25) is 0 Å². The fraction of sp³-hybridized carbons (Fsp3) is 0.812. The Morgan fingerprint density at radius 1 is 1.33 bits per heavy atom. The van der Waals surface area contributed by atoms with E-state index in [0.717, 1.165) is 0 Å². The highest BCUT2D eigenvalue weighted by molar-refractivity contribution is 7.89. The lowest BCUT2D eigenvalue weighted by molar-refractivity contribution is 0.0489. The zero-order valence-electron chi connectivity index (χ0n) is 14.7. The van der Waals surface area contributed by atoms with Crippen LogP contribution in [-0.2, 0) is 19.5 Å². The van der Waals surface area contributed by atoms with Crippen LogP contribution < -0.4 is 5.32 Å². The van der Waals surface area contributed by atoms with Crippen molar-refractivity contribution in [2.75, 3.05) is 32.1 Å². The predicted octanol–water partition coefficient (Wildman–Crippen LogP) is 1.35. The number of alkyl carbamates (subject to hydrolysis) is 1. The van der Waals surface area contributed by atoms with Crippen LogP contribution in [0.1, 0.15) is 40.0 Å². The Balaban J connectivity index is 2.34. The van der Waals surface area contributed by atoms with Gasteiger partial charge >= 0.3 is 6.09 Å². The Morgan fingerprint density at radius 2 is 1.96 bits per heavy atom. The van der Waals surface area contributed by atoms with Gasteiger partial charge in [-0.05, 0) is 40.0 Å². The molecule has 7 nitrogen and oxygen atoms in total. The molecule has 0 unspecified atom stereocenters. The van der Waals surface area contributed by atoms with E-state index in [9.17, 15) is 13.2 Å². The largest absolute Gasteiger partial charge is 0.444 e. The quantitative estimate of drug-likeness (QED) is 0.547. The number of nitrogens with zero attached hydrogens (tertiary/aromatic N) is 1. The average Bonchev–Trinajstić information content (AvgIpc) is 2.45. The molecular formula is C16H28N2O5S. The maximum Gasteiger partial charge on any atom is 0.407 e. The van der Waals surface area contributed by atoms with Crippen molar-refractivity contribution in [2.45, 2.75) is 51.7 Å². The molecule has 0 aromatic heterocycles. The Hall–Kier alpha value is -1.30. The fourth-order valence-electron chi connectivity index (χ4n) is 2.36. The summed E-state index contributed by atoms with van der Waals surface area (Å²) in [5.41, 5.74) is -0.546. The molecule has 1 rings (SSSR count). The molecule has 138 valence electrons. The van der Waals surface area contributed by atoms with Crippen molar-refractivity contribution in [3.63, 3.8) is 0 Å². The summed E-state index contributed by atoms with van der Waals surface area (Å²) in [5.74, 6) is 2.38. The van der Waals surface area contributed by atoms with Crippen LogP contribution in [-0.4, -0.2) is 62.5 Å². The van der Waals surface area contributed by atoms with E-state index in [4.69, 9.17) is 15.9 Å². The summed E-state index contributed by atoms with van der Waals surface area (Å²) in [4.78, 5) is 11.7. The first-order chi connectivity index (χ1) is 11.1. The van der Waals surface area contributed by atoms with Gasteiger partial charge in [-0.25, -0.2) is 17.5 Å². The van der Waals surface area contributed by atoms with Gasteiger partial charge in [-0.15, -0.1) is 6.42 Å². The van der Waals surface area contributed by atoms with Gasteiger partial charge < -0.3 is 14.8 Å².